The summed E-state index contributed by atoms with van der Waals surface area (Å²) in [5.41, 5.74) is 5.92. The van der Waals surface area contributed by atoms with Gasteiger partial charge in [0.25, 0.3) is 0 Å². The Hall–Kier alpha value is -1.94. The quantitative estimate of drug-likeness (QED) is 0.130. The third-order valence-corrected chi connectivity index (χ3v) is 15.0. The Morgan fingerprint density at radius 2 is 1.06 bits per heavy atom. The predicted octanol–water partition coefficient (Wildman–Crippen LogP) is 9.85. The molecule has 3 heteroatoms. The van der Waals surface area contributed by atoms with Gasteiger partial charge in [0.1, 0.15) is 8.07 Å². The van der Waals surface area contributed by atoms with Crippen LogP contribution in [0.1, 0.15) is 65.2 Å². The van der Waals surface area contributed by atoms with Crippen LogP contribution >= 0.6 is 22.7 Å². The summed E-state index contributed by atoms with van der Waals surface area (Å²) in [6.45, 7) is 4.66. The van der Waals surface area contributed by atoms with Crippen molar-refractivity contribution in [3.05, 3.63) is 71.4 Å². The van der Waals surface area contributed by atoms with Crippen LogP contribution in [0.3, 0.4) is 0 Å². The third kappa shape index (κ3) is 5.01. The molecule has 0 nitrogen and oxygen atoms in total. The maximum Gasteiger partial charge on any atom is 0.119 e. The number of benzene rings is 2. The first-order chi connectivity index (χ1) is 17.3. The van der Waals surface area contributed by atoms with Crippen molar-refractivity contribution in [2.24, 2.45) is 0 Å². The van der Waals surface area contributed by atoms with Gasteiger partial charge in [-0.15, -0.1) is 22.7 Å². The van der Waals surface area contributed by atoms with Crippen molar-refractivity contribution in [1.82, 2.24) is 0 Å². The first-order valence-electron chi connectivity index (χ1n) is 13.6. The highest BCUT2D eigenvalue weighted by atomic mass is 32.1. The van der Waals surface area contributed by atoms with Gasteiger partial charge in [0.05, 0.1) is 0 Å². The average Bonchev–Trinajstić information content (AvgIpc) is 3.66. The number of hydrogen-bond acceptors (Lipinski definition) is 2. The standard InChI is InChI=1S/C32H38S2Si/c1-3-5-7-9-21-35(22-10-8-6-4-2)31-23-25(29-13-11-19-33-29)15-17-27(31)28-18-16-26(24-32(28)35)30-14-12-20-34-30/h11-20,23-24H,3-10,21-22H2,1-2H3. The van der Waals surface area contributed by atoms with Crippen LogP contribution in [0.25, 0.3) is 32.0 Å². The molecule has 2 aromatic heterocycles. The minimum Gasteiger partial charge on any atom is -0.144 e. The fourth-order valence-corrected chi connectivity index (χ4v) is 13.2. The highest BCUT2D eigenvalue weighted by molar-refractivity contribution is 7.14. The van der Waals surface area contributed by atoms with Crippen LogP contribution in [0.5, 0.6) is 0 Å². The lowest BCUT2D eigenvalue weighted by atomic mass is 10.0. The molecule has 35 heavy (non-hydrogen) atoms. The van der Waals surface area contributed by atoms with E-state index in [-0.39, 0.29) is 0 Å². The van der Waals surface area contributed by atoms with E-state index in [9.17, 15) is 0 Å². The Labute approximate surface area is 221 Å². The Morgan fingerprint density at radius 3 is 1.46 bits per heavy atom. The van der Waals surface area contributed by atoms with Gasteiger partial charge in [-0.2, -0.15) is 0 Å². The lowest BCUT2D eigenvalue weighted by molar-refractivity contribution is 0.684. The van der Waals surface area contributed by atoms with Gasteiger partial charge in [-0.1, -0.05) is 114 Å². The molecule has 182 valence electrons. The first kappa shape index (κ1) is 24.7. The molecular formula is C32H38S2Si. The number of thiophene rings is 2. The van der Waals surface area contributed by atoms with Gasteiger partial charge < -0.3 is 0 Å². The summed E-state index contributed by atoms with van der Waals surface area (Å²) in [6, 6.07) is 26.7. The minimum absolute atomic E-state index is 1.31. The monoisotopic (exact) mass is 514 g/mol. The molecule has 0 amide bonds. The maximum atomic E-state index is 2.62. The Balaban J connectivity index is 1.63. The van der Waals surface area contributed by atoms with E-state index in [1.807, 2.05) is 22.7 Å². The zero-order valence-electron chi connectivity index (χ0n) is 21.3. The molecule has 0 aliphatic carbocycles. The van der Waals surface area contributed by atoms with Gasteiger partial charge in [-0.25, -0.2) is 0 Å². The van der Waals surface area contributed by atoms with E-state index in [4.69, 9.17) is 0 Å². The molecule has 0 bridgehead atoms. The average molecular weight is 515 g/mol. The molecule has 0 saturated heterocycles. The summed E-state index contributed by atoms with van der Waals surface area (Å²) in [5, 5.41) is 7.89. The van der Waals surface area contributed by atoms with E-state index in [1.54, 1.807) is 10.4 Å². The van der Waals surface area contributed by atoms with Crippen molar-refractivity contribution in [3.63, 3.8) is 0 Å². The molecule has 4 aromatic rings. The molecule has 2 aromatic carbocycles. The number of hydrogen-bond donors (Lipinski definition) is 0. The molecule has 0 spiro atoms. The molecule has 0 atom stereocenters. The van der Waals surface area contributed by atoms with Crippen LogP contribution in [0.4, 0.5) is 0 Å². The van der Waals surface area contributed by atoms with Crippen LogP contribution in [0, 0.1) is 0 Å². The van der Waals surface area contributed by atoms with Crippen molar-refractivity contribution >= 4 is 41.1 Å². The van der Waals surface area contributed by atoms with Gasteiger partial charge in [-0.05, 0) is 67.6 Å². The molecule has 1 aliphatic rings. The summed E-state index contributed by atoms with van der Waals surface area (Å²) >= 11 is 3.74. The molecule has 5 rings (SSSR count). The zero-order valence-corrected chi connectivity index (χ0v) is 23.9. The Bertz CT molecular complexity index is 1120. The van der Waals surface area contributed by atoms with Gasteiger partial charge in [0.2, 0.25) is 0 Å². The molecule has 3 heterocycles. The molecule has 0 N–H and O–H groups in total. The third-order valence-electron chi connectivity index (χ3n) is 7.89. The lowest BCUT2D eigenvalue weighted by Crippen LogP contribution is -2.55. The molecule has 0 unspecified atom stereocenters. The van der Waals surface area contributed by atoms with Gasteiger partial charge in [0.15, 0.2) is 0 Å². The molecule has 0 radical (unpaired) electrons. The van der Waals surface area contributed by atoms with Crippen molar-refractivity contribution < 1.29 is 0 Å². The second-order valence-corrected chi connectivity index (χ2v) is 16.3. The van der Waals surface area contributed by atoms with E-state index < -0.39 is 8.07 Å². The fourth-order valence-electron chi connectivity index (χ4n) is 6.06. The van der Waals surface area contributed by atoms with Crippen molar-refractivity contribution in [1.29, 1.82) is 0 Å². The van der Waals surface area contributed by atoms with Crippen LogP contribution in [-0.2, 0) is 0 Å². The normalized spacial score (nSPS) is 13.7. The predicted molar refractivity (Wildman–Crippen MR) is 161 cm³/mol. The second-order valence-electron chi connectivity index (χ2n) is 10.2. The van der Waals surface area contributed by atoms with E-state index >= 15 is 0 Å². The van der Waals surface area contributed by atoms with E-state index in [0.29, 0.717) is 0 Å². The van der Waals surface area contributed by atoms with Crippen molar-refractivity contribution in [3.8, 4) is 32.0 Å². The van der Waals surface area contributed by atoms with Crippen LogP contribution < -0.4 is 10.4 Å². The summed E-state index contributed by atoms with van der Waals surface area (Å²) in [4.78, 5) is 2.81. The minimum atomic E-state index is -1.85. The Morgan fingerprint density at radius 1 is 0.571 bits per heavy atom. The first-order valence-corrected chi connectivity index (χ1v) is 17.8. The molecule has 0 saturated carbocycles. The summed E-state index contributed by atoms with van der Waals surface area (Å²) in [6.07, 6.45) is 10.8. The SMILES string of the molecule is CCCCCC[Si]1(CCCCCC)c2cc(-c3cccs3)ccc2-c2ccc(-c3cccs3)cc21. The number of unbranched alkanes of at least 4 members (excludes halogenated alkanes) is 6. The summed E-state index contributed by atoms with van der Waals surface area (Å²) in [7, 11) is -1.85. The zero-order chi connectivity index (χ0) is 24.1. The van der Waals surface area contributed by atoms with Crippen LogP contribution in [0.2, 0.25) is 12.1 Å². The lowest BCUT2D eigenvalue weighted by Gasteiger charge is -2.31. The van der Waals surface area contributed by atoms with E-state index in [2.05, 4.69) is 85.3 Å². The summed E-state index contributed by atoms with van der Waals surface area (Å²) in [5.74, 6) is 0. The van der Waals surface area contributed by atoms with Gasteiger partial charge in [0, 0.05) is 9.75 Å². The highest BCUT2D eigenvalue weighted by Crippen LogP contribution is 2.39. The van der Waals surface area contributed by atoms with Gasteiger partial charge in [-0.3, -0.25) is 0 Å². The smallest absolute Gasteiger partial charge is 0.119 e. The van der Waals surface area contributed by atoms with Crippen LogP contribution in [-0.4, -0.2) is 8.07 Å². The number of rotatable bonds is 12. The largest absolute Gasteiger partial charge is 0.144 e. The highest BCUT2D eigenvalue weighted by Gasteiger charge is 2.44. The van der Waals surface area contributed by atoms with Crippen molar-refractivity contribution in [2.75, 3.05) is 0 Å². The Kier molecular flexibility index (Phi) is 8.06. The van der Waals surface area contributed by atoms with Crippen molar-refractivity contribution in [2.45, 2.75) is 77.3 Å². The molecule has 1 aliphatic heterocycles. The topological polar surface area (TPSA) is 0 Å². The number of fused-ring (bicyclic) bond motifs is 3. The van der Waals surface area contributed by atoms with E-state index in [0.717, 1.165) is 0 Å². The van der Waals surface area contributed by atoms with E-state index in [1.165, 1.54) is 95.5 Å². The van der Waals surface area contributed by atoms with Crippen LogP contribution in [0.15, 0.2) is 71.4 Å². The van der Waals surface area contributed by atoms with Gasteiger partial charge >= 0.3 is 0 Å². The fraction of sp³-hybridized carbons (Fsp3) is 0.375. The summed E-state index contributed by atoms with van der Waals surface area (Å²) < 4.78 is 0. The molecular weight excluding hydrogens is 477 g/mol. The second kappa shape index (κ2) is 11.4. The molecule has 0 fully saturated rings. The maximum absolute atomic E-state index is 2.62.